The van der Waals surface area contributed by atoms with Gasteiger partial charge in [-0.25, -0.2) is 8.78 Å². The zero-order chi connectivity index (χ0) is 18.3. The third kappa shape index (κ3) is 4.14. The molecule has 0 unspecified atom stereocenters. The van der Waals surface area contributed by atoms with E-state index in [1.54, 1.807) is 15.8 Å². The Kier molecular flexibility index (Phi) is 5.81. The molecule has 8 heteroatoms. The Bertz CT molecular complexity index is 824. The second-order valence-corrected chi connectivity index (χ2v) is 7.25. The van der Waals surface area contributed by atoms with Gasteiger partial charge in [-0.3, -0.25) is 9.48 Å². The van der Waals surface area contributed by atoms with Gasteiger partial charge in [0.1, 0.15) is 11.6 Å². The highest BCUT2D eigenvalue weighted by atomic mass is 35.5. The monoisotopic (exact) mass is 396 g/mol. The number of hydrogen-bond donors (Lipinski definition) is 1. The van der Waals surface area contributed by atoms with Gasteiger partial charge in [0.05, 0.1) is 12.1 Å². The highest BCUT2D eigenvalue weighted by Crippen LogP contribution is 2.35. The maximum absolute atomic E-state index is 14.1. The first-order valence-electron chi connectivity index (χ1n) is 8.96. The van der Waals surface area contributed by atoms with Gasteiger partial charge in [0.2, 0.25) is 5.91 Å². The molecule has 0 spiro atoms. The van der Waals surface area contributed by atoms with Crippen LogP contribution in [-0.2, 0) is 18.4 Å². The van der Waals surface area contributed by atoms with Crippen molar-refractivity contribution in [3.05, 3.63) is 53.4 Å². The minimum absolute atomic E-state index is 0. The maximum atomic E-state index is 14.1. The van der Waals surface area contributed by atoms with E-state index in [1.165, 1.54) is 12.1 Å². The Morgan fingerprint density at radius 1 is 1.33 bits per heavy atom. The average Bonchev–Trinajstić information content (AvgIpc) is 3.15. The molecule has 1 aliphatic carbocycles. The molecular formula is C19H23ClF2N4O. The van der Waals surface area contributed by atoms with E-state index in [-0.39, 0.29) is 42.7 Å². The molecular weight excluding hydrogens is 374 g/mol. The summed E-state index contributed by atoms with van der Waals surface area (Å²) in [7, 11) is 1.86. The molecule has 2 heterocycles. The molecule has 4 rings (SSSR count). The van der Waals surface area contributed by atoms with Crippen molar-refractivity contribution in [3.63, 3.8) is 0 Å². The lowest BCUT2D eigenvalue weighted by Crippen LogP contribution is -2.40. The molecule has 2 fully saturated rings. The van der Waals surface area contributed by atoms with Crippen LogP contribution in [0.5, 0.6) is 0 Å². The number of rotatable bonds is 5. The lowest BCUT2D eigenvalue weighted by atomic mass is 9.89. The molecule has 1 amide bonds. The van der Waals surface area contributed by atoms with Crippen LogP contribution in [0.3, 0.4) is 0 Å². The summed E-state index contributed by atoms with van der Waals surface area (Å²) in [5.74, 6) is -1.29. The summed E-state index contributed by atoms with van der Waals surface area (Å²) in [4.78, 5) is 15.0. The number of aromatic nitrogens is 2. The van der Waals surface area contributed by atoms with Crippen molar-refractivity contribution >= 4 is 18.3 Å². The Morgan fingerprint density at radius 2 is 2.11 bits per heavy atom. The largest absolute Gasteiger partial charge is 0.335 e. The summed E-state index contributed by atoms with van der Waals surface area (Å²) in [5, 5.41) is 7.51. The standard InChI is InChI=1S/C19H22F2N4O.ClH/c1-24-10-13(7-23-24)16-8-22-9-17(16)19(26)25(15-4-5-15)11-12-2-3-14(20)6-18(12)21;/h2-3,6-7,10,15-17,22H,4-5,8-9,11H2,1H3;1H/t16-,17+;/m1./s1. The van der Waals surface area contributed by atoms with E-state index in [2.05, 4.69) is 10.4 Å². The average molecular weight is 397 g/mol. The molecule has 1 saturated heterocycles. The van der Waals surface area contributed by atoms with Gasteiger partial charge in [-0.15, -0.1) is 12.4 Å². The molecule has 2 atom stereocenters. The summed E-state index contributed by atoms with van der Waals surface area (Å²) in [5.41, 5.74) is 1.40. The SMILES string of the molecule is Cl.Cn1cc([C@H]2CNC[C@@H]2C(=O)N(Cc2ccc(F)cc2F)C2CC2)cn1. The Hall–Kier alpha value is -1.99. The highest BCUT2D eigenvalue weighted by Gasteiger charge is 2.41. The molecule has 1 aromatic heterocycles. The minimum Gasteiger partial charge on any atom is -0.335 e. The van der Waals surface area contributed by atoms with Crippen LogP contribution < -0.4 is 5.32 Å². The fourth-order valence-corrected chi connectivity index (χ4v) is 3.74. The Labute approximate surface area is 163 Å². The maximum Gasteiger partial charge on any atom is 0.228 e. The molecule has 1 aromatic carbocycles. The number of carbonyl (C=O) groups is 1. The minimum atomic E-state index is -0.604. The predicted octanol–water partition coefficient (Wildman–Crippen LogP) is 2.61. The number of nitrogens with one attached hydrogen (secondary N) is 1. The van der Waals surface area contributed by atoms with Gasteiger partial charge >= 0.3 is 0 Å². The highest BCUT2D eigenvalue weighted by molar-refractivity contribution is 5.85. The summed E-state index contributed by atoms with van der Waals surface area (Å²) in [6.45, 7) is 1.52. The van der Waals surface area contributed by atoms with Gasteiger partial charge < -0.3 is 10.2 Å². The number of amides is 1. The molecule has 5 nitrogen and oxygen atoms in total. The van der Waals surface area contributed by atoms with E-state index < -0.39 is 11.6 Å². The van der Waals surface area contributed by atoms with Crippen LogP contribution >= 0.6 is 12.4 Å². The zero-order valence-corrected chi connectivity index (χ0v) is 15.9. The molecule has 1 aliphatic heterocycles. The van der Waals surface area contributed by atoms with Crippen molar-refractivity contribution in [2.45, 2.75) is 31.3 Å². The molecule has 2 aliphatic rings. The summed E-state index contributed by atoms with van der Waals surface area (Å²) < 4.78 is 29.0. The number of carbonyl (C=O) groups excluding carboxylic acids is 1. The number of aryl methyl sites for hydroxylation is 1. The lowest BCUT2D eigenvalue weighted by Gasteiger charge is -2.28. The Morgan fingerprint density at radius 3 is 2.74 bits per heavy atom. The quantitative estimate of drug-likeness (QED) is 0.845. The lowest BCUT2D eigenvalue weighted by molar-refractivity contribution is -0.136. The molecule has 0 bridgehead atoms. The normalized spacial score (nSPS) is 21.7. The first kappa shape index (κ1) is 19.8. The van der Waals surface area contributed by atoms with Crippen molar-refractivity contribution in [2.24, 2.45) is 13.0 Å². The third-order valence-corrected chi connectivity index (χ3v) is 5.31. The fourth-order valence-electron chi connectivity index (χ4n) is 3.74. The number of hydrogen-bond acceptors (Lipinski definition) is 3. The van der Waals surface area contributed by atoms with E-state index in [9.17, 15) is 13.6 Å². The van der Waals surface area contributed by atoms with Crippen molar-refractivity contribution in [1.29, 1.82) is 0 Å². The zero-order valence-electron chi connectivity index (χ0n) is 15.1. The van der Waals surface area contributed by atoms with Crippen LogP contribution in [-0.4, -0.2) is 39.7 Å². The van der Waals surface area contributed by atoms with E-state index >= 15 is 0 Å². The molecule has 27 heavy (non-hydrogen) atoms. The number of benzene rings is 1. The van der Waals surface area contributed by atoms with Crippen molar-refractivity contribution in [1.82, 2.24) is 20.0 Å². The third-order valence-electron chi connectivity index (χ3n) is 5.31. The van der Waals surface area contributed by atoms with Crippen LogP contribution in [0.4, 0.5) is 8.78 Å². The first-order valence-corrected chi connectivity index (χ1v) is 8.96. The summed E-state index contributed by atoms with van der Waals surface area (Å²) in [6.07, 6.45) is 5.62. The van der Waals surface area contributed by atoms with E-state index in [0.717, 1.165) is 31.0 Å². The predicted molar refractivity (Wildman–Crippen MR) is 99.5 cm³/mol. The molecule has 146 valence electrons. The van der Waals surface area contributed by atoms with Crippen LogP contribution in [0, 0.1) is 17.6 Å². The number of halogens is 3. The van der Waals surface area contributed by atoms with E-state index in [1.807, 2.05) is 13.2 Å². The van der Waals surface area contributed by atoms with E-state index in [0.29, 0.717) is 12.1 Å². The van der Waals surface area contributed by atoms with Crippen molar-refractivity contribution < 1.29 is 13.6 Å². The van der Waals surface area contributed by atoms with Crippen LogP contribution in [0.25, 0.3) is 0 Å². The van der Waals surface area contributed by atoms with Gasteiger partial charge in [0.25, 0.3) is 0 Å². The molecule has 0 radical (unpaired) electrons. The molecule has 2 aromatic rings. The summed E-state index contributed by atoms with van der Waals surface area (Å²) in [6, 6.07) is 3.70. The van der Waals surface area contributed by atoms with Crippen LogP contribution in [0.2, 0.25) is 0 Å². The molecule has 1 saturated carbocycles. The smallest absolute Gasteiger partial charge is 0.228 e. The van der Waals surface area contributed by atoms with E-state index in [4.69, 9.17) is 0 Å². The number of nitrogens with zero attached hydrogens (tertiary/aromatic N) is 3. The van der Waals surface area contributed by atoms with Gasteiger partial charge in [-0.1, -0.05) is 6.07 Å². The van der Waals surface area contributed by atoms with Gasteiger partial charge in [0.15, 0.2) is 0 Å². The van der Waals surface area contributed by atoms with Gasteiger partial charge in [-0.2, -0.15) is 5.10 Å². The molecule has 1 N–H and O–H groups in total. The fraction of sp³-hybridized carbons (Fsp3) is 0.474. The Balaban J connectivity index is 0.00000210. The van der Waals surface area contributed by atoms with Crippen LogP contribution in [0.15, 0.2) is 30.6 Å². The topological polar surface area (TPSA) is 50.2 Å². The van der Waals surface area contributed by atoms with Gasteiger partial charge in [0, 0.05) is 56.5 Å². The van der Waals surface area contributed by atoms with Gasteiger partial charge in [-0.05, 0) is 24.5 Å². The first-order chi connectivity index (χ1) is 12.5. The van der Waals surface area contributed by atoms with Crippen molar-refractivity contribution in [3.8, 4) is 0 Å². The summed E-state index contributed by atoms with van der Waals surface area (Å²) >= 11 is 0. The second-order valence-electron chi connectivity index (χ2n) is 7.25. The van der Waals surface area contributed by atoms with Crippen LogP contribution in [0.1, 0.15) is 29.9 Å². The second kappa shape index (κ2) is 7.94. The van der Waals surface area contributed by atoms with Crippen molar-refractivity contribution in [2.75, 3.05) is 13.1 Å².